The van der Waals surface area contributed by atoms with Crippen LogP contribution in [0.2, 0.25) is 0 Å². The first-order valence-electron chi connectivity index (χ1n) is 10.4. The highest BCUT2D eigenvalue weighted by molar-refractivity contribution is 5.76. The van der Waals surface area contributed by atoms with Crippen LogP contribution in [-0.2, 0) is 20.7 Å². The van der Waals surface area contributed by atoms with Gasteiger partial charge >= 0.3 is 0 Å². The van der Waals surface area contributed by atoms with Crippen molar-refractivity contribution in [2.24, 2.45) is 5.92 Å². The highest BCUT2D eigenvalue weighted by Crippen LogP contribution is 2.22. The molecule has 5 heteroatoms. The molecule has 1 N–H and O–H groups in total. The van der Waals surface area contributed by atoms with Gasteiger partial charge in [-0.3, -0.25) is 9.69 Å². The molecule has 0 spiro atoms. The van der Waals surface area contributed by atoms with Crippen LogP contribution in [0.25, 0.3) is 0 Å². The zero-order valence-corrected chi connectivity index (χ0v) is 16.8. The van der Waals surface area contributed by atoms with E-state index in [9.17, 15) is 4.79 Å². The number of hydrogen-bond donors (Lipinski definition) is 1. The molecule has 2 saturated heterocycles. The molecule has 3 rings (SSSR count). The number of aryl methyl sites for hydroxylation is 1. The van der Waals surface area contributed by atoms with Gasteiger partial charge in [-0.2, -0.15) is 0 Å². The molecule has 2 fully saturated rings. The third-order valence-corrected chi connectivity index (χ3v) is 5.82. The summed E-state index contributed by atoms with van der Waals surface area (Å²) in [6.07, 6.45) is 2.41. The van der Waals surface area contributed by atoms with Crippen molar-refractivity contribution in [3.05, 3.63) is 35.4 Å². The van der Waals surface area contributed by atoms with Crippen molar-refractivity contribution in [2.45, 2.75) is 45.1 Å². The lowest BCUT2D eigenvalue weighted by Crippen LogP contribution is -2.52. The fraction of sp³-hybridized carbons (Fsp3) is 0.682. The van der Waals surface area contributed by atoms with E-state index < -0.39 is 0 Å². The topological polar surface area (TPSA) is 50.8 Å². The molecule has 0 radical (unpaired) electrons. The van der Waals surface area contributed by atoms with Gasteiger partial charge in [0.15, 0.2) is 0 Å². The van der Waals surface area contributed by atoms with Gasteiger partial charge in [0.25, 0.3) is 0 Å². The van der Waals surface area contributed by atoms with Crippen molar-refractivity contribution in [2.75, 3.05) is 46.1 Å². The van der Waals surface area contributed by atoms with Crippen LogP contribution in [-0.4, -0.2) is 62.9 Å². The first-order chi connectivity index (χ1) is 13.1. The second-order valence-electron chi connectivity index (χ2n) is 8.04. The largest absolute Gasteiger partial charge is 0.381 e. The lowest BCUT2D eigenvalue weighted by Gasteiger charge is -2.37. The van der Waals surface area contributed by atoms with Crippen LogP contribution in [0, 0.1) is 5.92 Å². The average molecular weight is 375 g/mol. The van der Waals surface area contributed by atoms with Gasteiger partial charge in [-0.15, -0.1) is 0 Å². The van der Waals surface area contributed by atoms with E-state index in [1.807, 2.05) is 0 Å². The molecular formula is C22H34N2O3. The van der Waals surface area contributed by atoms with Gasteiger partial charge < -0.3 is 14.8 Å². The second-order valence-corrected chi connectivity index (χ2v) is 8.04. The molecule has 2 unspecified atom stereocenters. The standard InChI is InChI=1S/C22H34N2O3/c1-17(2)19-6-3-18(4-7-19)5-8-22(25)23-15-21(20-9-12-27-16-20)24-10-13-26-14-11-24/h3-4,6-7,17,20-21H,5,8-16H2,1-2H3,(H,23,25). The Hall–Kier alpha value is -1.43. The van der Waals surface area contributed by atoms with Gasteiger partial charge in [-0.1, -0.05) is 38.1 Å². The van der Waals surface area contributed by atoms with Crippen LogP contribution in [0.4, 0.5) is 0 Å². The molecule has 2 aliphatic heterocycles. The number of nitrogens with zero attached hydrogens (tertiary/aromatic N) is 1. The summed E-state index contributed by atoms with van der Waals surface area (Å²) in [5.74, 6) is 1.19. The third-order valence-electron chi connectivity index (χ3n) is 5.82. The van der Waals surface area contributed by atoms with Crippen LogP contribution in [0.15, 0.2) is 24.3 Å². The predicted molar refractivity (Wildman–Crippen MR) is 107 cm³/mol. The minimum absolute atomic E-state index is 0.139. The number of benzene rings is 1. The van der Waals surface area contributed by atoms with Gasteiger partial charge in [-0.05, 0) is 29.9 Å². The van der Waals surface area contributed by atoms with E-state index >= 15 is 0 Å². The van der Waals surface area contributed by atoms with Gasteiger partial charge in [0.05, 0.1) is 19.8 Å². The van der Waals surface area contributed by atoms with Gasteiger partial charge in [0, 0.05) is 44.6 Å². The molecule has 0 aromatic heterocycles. The van der Waals surface area contributed by atoms with Crippen molar-refractivity contribution in [3.8, 4) is 0 Å². The molecule has 0 bridgehead atoms. The Kier molecular flexibility index (Phi) is 7.68. The predicted octanol–water partition coefficient (Wildman–Crippen LogP) is 2.60. The molecule has 150 valence electrons. The normalized spacial score (nSPS) is 22.1. The van der Waals surface area contributed by atoms with Crippen LogP contribution in [0.1, 0.15) is 43.7 Å². The lowest BCUT2D eigenvalue weighted by atomic mass is 9.96. The van der Waals surface area contributed by atoms with E-state index in [-0.39, 0.29) is 5.91 Å². The average Bonchev–Trinajstić information content (AvgIpc) is 3.22. The number of carbonyl (C=O) groups excluding carboxylic acids is 1. The maximum atomic E-state index is 12.4. The molecule has 1 aromatic rings. The summed E-state index contributed by atoms with van der Waals surface area (Å²) >= 11 is 0. The summed E-state index contributed by atoms with van der Waals surface area (Å²) < 4.78 is 11.1. The number of amides is 1. The number of nitrogens with one attached hydrogen (secondary N) is 1. The Morgan fingerprint density at radius 1 is 1.15 bits per heavy atom. The fourth-order valence-corrected chi connectivity index (χ4v) is 3.99. The van der Waals surface area contributed by atoms with Crippen LogP contribution < -0.4 is 5.32 Å². The summed E-state index contributed by atoms with van der Waals surface area (Å²) in [5, 5.41) is 3.18. The van der Waals surface area contributed by atoms with Crippen LogP contribution in [0.3, 0.4) is 0 Å². The van der Waals surface area contributed by atoms with Crippen molar-refractivity contribution in [1.82, 2.24) is 10.2 Å². The van der Waals surface area contributed by atoms with Crippen molar-refractivity contribution >= 4 is 5.91 Å². The summed E-state index contributed by atoms with van der Waals surface area (Å²) in [5.41, 5.74) is 2.57. The van der Waals surface area contributed by atoms with E-state index in [0.29, 0.717) is 30.8 Å². The van der Waals surface area contributed by atoms with Crippen molar-refractivity contribution < 1.29 is 14.3 Å². The molecule has 2 atom stereocenters. The summed E-state index contributed by atoms with van der Waals surface area (Å²) in [7, 11) is 0. The quantitative estimate of drug-likeness (QED) is 0.760. The van der Waals surface area contributed by atoms with E-state index in [4.69, 9.17) is 9.47 Å². The molecule has 2 heterocycles. The zero-order chi connectivity index (χ0) is 19.1. The number of rotatable bonds is 8. The molecular weight excluding hydrogens is 340 g/mol. The smallest absolute Gasteiger partial charge is 0.220 e. The maximum Gasteiger partial charge on any atom is 0.220 e. The van der Waals surface area contributed by atoms with E-state index in [1.165, 1.54) is 11.1 Å². The number of ether oxygens (including phenoxy) is 2. The molecule has 5 nitrogen and oxygen atoms in total. The van der Waals surface area contributed by atoms with E-state index in [2.05, 4.69) is 48.3 Å². The minimum Gasteiger partial charge on any atom is -0.381 e. The Balaban J connectivity index is 1.46. The Bertz CT molecular complexity index is 576. The Morgan fingerprint density at radius 3 is 2.52 bits per heavy atom. The molecule has 2 aliphatic rings. The Labute approximate surface area is 163 Å². The summed E-state index contributed by atoms with van der Waals surface area (Å²) in [6, 6.07) is 8.99. The molecule has 0 aliphatic carbocycles. The monoisotopic (exact) mass is 374 g/mol. The number of carbonyl (C=O) groups is 1. The molecule has 1 amide bonds. The van der Waals surface area contributed by atoms with Crippen molar-refractivity contribution in [3.63, 3.8) is 0 Å². The van der Waals surface area contributed by atoms with Gasteiger partial charge in [0.2, 0.25) is 5.91 Å². The number of morpholine rings is 1. The Morgan fingerprint density at radius 2 is 1.89 bits per heavy atom. The molecule has 1 aromatic carbocycles. The minimum atomic E-state index is 0.139. The first-order valence-corrected chi connectivity index (χ1v) is 10.4. The van der Waals surface area contributed by atoms with E-state index in [1.54, 1.807) is 0 Å². The first kappa shape index (κ1) is 20.3. The highest BCUT2D eigenvalue weighted by Gasteiger charge is 2.31. The number of hydrogen-bond acceptors (Lipinski definition) is 4. The van der Waals surface area contributed by atoms with Gasteiger partial charge in [0.1, 0.15) is 0 Å². The third kappa shape index (κ3) is 6.03. The summed E-state index contributed by atoms with van der Waals surface area (Å²) in [6.45, 7) is 10.2. The lowest BCUT2D eigenvalue weighted by molar-refractivity contribution is -0.121. The molecule has 27 heavy (non-hydrogen) atoms. The summed E-state index contributed by atoms with van der Waals surface area (Å²) in [4.78, 5) is 14.9. The van der Waals surface area contributed by atoms with Crippen molar-refractivity contribution in [1.29, 1.82) is 0 Å². The maximum absolute atomic E-state index is 12.4. The SMILES string of the molecule is CC(C)c1ccc(CCC(=O)NCC(C2CCOC2)N2CCOCC2)cc1. The highest BCUT2D eigenvalue weighted by atomic mass is 16.5. The van der Waals surface area contributed by atoms with E-state index in [0.717, 1.165) is 52.4 Å². The fourth-order valence-electron chi connectivity index (χ4n) is 3.99. The van der Waals surface area contributed by atoms with Gasteiger partial charge in [-0.25, -0.2) is 0 Å². The second kappa shape index (κ2) is 10.2. The van der Waals surface area contributed by atoms with Crippen LogP contribution >= 0.6 is 0 Å². The van der Waals surface area contributed by atoms with Crippen LogP contribution in [0.5, 0.6) is 0 Å². The molecule has 0 saturated carbocycles. The zero-order valence-electron chi connectivity index (χ0n) is 16.8.